The third-order valence-corrected chi connectivity index (χ3v) is 3.45. The van der Waals surface area contributed by atoms with Crippen molar-refractivity contribution < 1.29 is 28.6 Å². The minimum absolute atomic E-state index is 0.0101. The van der Waals surface area contributed by atoms with Crippen molar-refractivity contribution in [3.8, 4) is 11.5 Å². The summed E-state index contributed by atoms with van der Waals surface area (Å²) in [6.07, 6.45) is 1.12. The largest absolute Gasteiger partial charge is 0.483 e. The number of aliphatic hydroxyl groups excluding tert-OH is 1. The Labute approximate surface area is 144 Å². The summed E-state index contributed by atoms with van der Waals surface area (Å²) in [4.78, 5) is 27.6. The molecule has 132 valence electrons. The second-order valence-corrected chi connectivity index (χ2v) is 5.25. The first-order valence-electron chi connectivity index (χ1n) is 7.63. The van der Waals surface area contributed by atoms with E-state index in [2.05, 4.69) is 11.7 Å². The standard InChI is InChI=1S/C18H18FNO5/c1-3-4-12(19)18(20-2)14(22)7-6-13(21)11-5-8-15-16(9-11)25-17(23)10-24-15/h3-5,8-9,17,23H,2,6-7,10H2,1H3/b4-3-,18-12+. The van der Waals surface area contributed by atoms with Gasteiger partial charge in [-0.15, -0.1) is 0 Å². The van der Waals surface area contributed by atoms with Crippen LogP contribution in [-0.4, -0.2) is 36.3 Å². The zero-order valence-electron chi connectivity index (χ0n) is 13.7. The molecule has 1 N–H and O–H groups in total. The van der Waals surface area contributed by atoms with Crippen LogP contribution in [0.4, 0.5) is 4.39 Å². The van der Waals surface area contributed by atoms with Gasteiger partial charge in [-0.3, -0.25) is 14.6 Å². The van der Waals surface area contributed by atoms with Gasteiger partial charge in [0.05, 0.1) is 0 Å². The van der Waals surface area contributed by atoms with Crippen molar-refractivity contribution in [1.29, 1.82) is 0 Å². The number of aliphatic imine (C=N–C) groups is 1. The lowest BCUT2D eigenvalue weighted by molar-refractivity contribution is -0.115. The fourth-order valence-electron chi connectivity index (χ4n) is 2.25. The summed E-state index contributed by atoms with van der Waals surface area (Å²) < 4.78 is 24.1. The van der Waals surface area contributed by atoms with E-state index < -0.39 is 23.6 Å². The van der Waals surface area contributed by atoms with E-state index in [1.54, 1.807) is 13.0 Å². The fourth-order valence-corrected chi connectivity index (χ4v) is 2.25. The number of benzene rings is 1. The van der Waals surface area contributed by atoms with Crippen molar-refractivity contribution in [2.24, 2.45) is 4.99 Å². The molecule has 0 saturated heterocycles. The van der Waals surface area contributed by atoms with E-state index in [1.807, 2.05) is 0 Å². The highest BCUT2D eigenvalue weighted by atomic mass is 19.1. The lowest BCUT2D eigenvalue weighted by Crippen LogP contribution is -2.28. The number of fused-ring (bicyclic) bond motifs is 1. The number of ether oxygens (including phenoxy) is 2. The summed E-state index contributed by atoms with van der Waals surface area (Å²) in [5, 5.41) is 9.41. The van der Waals surface area contributed by atoms with Gasteiger partial charge in [0.15, 0.2) is 35.5 Å². The first-order chi connectivity index (χ1) is 12.0. The van der Waals surface area contributed by atoms with Crippen LogP contribution < -0.4 is 9.47 Å². The van der Waals surface area contributed by atoms with E-state index in [-0.39, 0.29) is 31.0 Å². The van der Waals surface area contributed by atoms with Gasteiger partial charge in [0, 0.05) is 18.4 Å². The SMILES string of the molecule is C=N/C(C(=O)CCC(=O)c1ccc2c(c1)OC(O)CO2)=C(F)\C=C/C. The van der Waals surface area contributed by atoms with Gasteiger partial charge in [-0.2, -0.15) is 0 Å². The number of allylic oxidation sites excluding steroid dienone is 4. The van der Waals surface area contributed by atoms with Crippen LogP contribution >= 0.6 is 0 Å². The zero-order valence-corrected chi connectivity index (χ0v) is 13.7. The predicted octanol–water partition coefficient (Wildman–Crippen LogP) is 2.77. The second-order valence-electron chi connectivity index (χ2n) is 5.25. The maximum absolute atomic E-state index is 13.7. The lowest BCUT2D eigenvalue weighted by atomic mass is 10.0. The summed E-state index contributed by atoms with van der Waals surface area (Å²) in [5.41, 5.74) is -0.0912. The van der Waals surface area contributed by atoms with E-state index >= 15 is 0 Å². The van der Waals surface area contributed by atoms with Gasteiger partial charge >= 0.3 is 0 Å². The summed E-state index contributed by atoms with van der Waals surface area (Å²) in [6, 6.07) is 4.53. The Kier molecular flexibility index (Phi) is 6.19. The van der Waals surface area contributed by atoms with Crippen molar-refractivity contribution >= 4 is 18.3 Å². The molecule has 0 radical (unpaired) electrons. The molecule has 1 aliphatic rings. The number of ketones is 2. The van der Waals surface area contributed by atoms with Crippen molar-refractivity contribution in [3.63, 3.8) is 0 Å². The van der Waals surface area contributed by atoms with Crippen LogP contribution in [0.3, 0.4) is 0 Å². The molecule has 6 nitrogen and oxygen atoms in total. The van der Waals surface area contributed by atoms with E-state index in [1.165, 1.54) is 18.2 Å². The first kappa shape index (κ1) is 18.5. The predicted molar refractivity (Wildman–Crippen MR) is 89.6 cm³/mol. The molecule has 1 aliphatic heterocycles. The number of rotatable bonds is 7. The summed E-state index contributed by atoms with van der Waals surface area (Å²) in [6.45, 7) is 4.80. The van der Waals surface area contributed by atoms with Crippen molar-refractivity contribution in [2.75, 3.05) is 6.61 Å². The minimum Gasteiger partial charge on any atom is -0.483 e. The van der Waals surface area contributed by atoms with Gasteiger partial charge in [-0.1, -0.05) is 6.08 Å². The topological polar surface area (TPSA) is 85.2 Å². The molecular formula is C18H18FNO5. The van der Waals surface area contributed by atoms with Gasteiger partial charge in [0.25, 0.3) is 0 Å². The van der Waals surface area contributed by atoms with Gasteiger partial charge in [0.1, 0.15) is 5.70 Å². The quantitative estimate of drug-likeness (QED) is 0.355. The maximum atomic E-state index is 13.7. The van der Waals surface area contributed by atoms with Gasteiger partial charge < -0.3 is 14.6 Å². The summed E-state index contributed by atoms with van der Waals surface area (Å²) in [7, 11) is 0. The van der Waals surface area contributed by atoms with E-state index in [4.69, 9.17) is 9.47 Å². The average molecular weight is 347 g/mol. The van der Waals surface area contributed by atoms with E-state index in [0.29, 0.717) is 11.3 Å². The van der Waals surface area contributed by atoms with Crippen molar-refractivity contribution in [1.82, 2.24) is 0 Å². The van der Waals surface area contributed by atoms with Crippen LogP contribution in [-0.2, 0) is 4.79 Å². The number of carbonyl (C=O) groups is 2. The maximum Gasteiger partial charge on any atom is 0.232 e. The molecule has 0 aromatic heterocycles. The number of hydrogen-bond acceptors (Lipinski definition) is 6. The Morgan fingerprint density at radius 2 is 2.16 bits per heavy atom. The molecule has 7 heteroatoms. The molecular weight excluding hydrogens is 329 g/mol. The lowest BCUT2D eigenvalue weighted by Gasteiger charge is -2.23. The number of carbonyl (C=O) groups excluding carboxylic acids is 2. The normalized spacial score (nSPS) is 17.2. The number of nitrogens with zero attached hydrogens (tertiary/aromatic N) is 1. The highest BCUT2D eigenvalue weighted by molar-refractivity contribution is 6.02. The van der Waals surface area contributed by atoms with Crippen LogP contribution in [0.15, 0.2) is 46.9 Å². The third kappa shape index (κ3) is 4.60. The zero-order chi connectivity index (χ0) is 18.4. The molecule has 1 aromatic rings. The summed E-state index contributed by atoms with van der Waals surface area (Å²) in [5.74, 6) is -1.04. The number of aliphatic hydroxyl groups is 1. The Hall–Kier alpha value is -2.80. The number of Topliss-reactive ketones (excluding diaryl/α,β-unsaturated/α-hetero) is 2. The van der Waals surface area contributed by atoms with E-state index in [0.717, 1.165) is 6.08 Å². The molecule has 0 bridgehead atoms. The van der Waals surface area contributed by atoms with Gasteiger partial charge in [0.2, 0.25) is 6.29 Å². The minimum atomic E-state index is -1.10. The molecule has 1 atom stereocenters. The van der Waals surface area contributed by atoms with E-state index in [9.17, 15) is 19.1 Å². The second kappa shape index (κ2) is 8.34. The van der Waals surface area contributed by atoms with Crippen LogP contribution in [0, 0.1) is 0 Å². The summed E-state index contributed by atoms with van der Waals surface area (Å²) >= 11 is 0. The Morgan fingerprint density at radius 3 is 2.84 bits per heavy atom. The van der Waals surface area contributed by atoms with Crippen molar-refractivity contribution in [2.45, 2.75) is 26.1 Å². The number of hydrogen-bond donors (Lipinski definition) is 1. The molecule has 0 aliphatic carbocycles. The van der Waals surface area contributed by atoms with Crippen LogP contribution in [0.25, 0.3) is 0 Å². The molecule has 0 fully saturated rings. The molecule has 25 heavy (non-hydrogen) atoms. The Morgan fingerprint density at radius 1 is 1.40 bits per heavy atom. The highest BCUT2D eigenvalue weighted by Crippen LogP contribution is 2.32. The fraction of sp³-hybridized carbons (Fsp3) is 0.278. The van der Waals surface area contributed by atoms with Crippen molar-refractivity contribution in [3.05, 3.63) is 47.4 Å². The molecule has 1 heterocycles. The van der Waals surface area contributed by atoms with Gasteiger partial charge in [-0.05, 0) is 37.9 Å². The molecule has 1 aromatic carbocycles. The first-order valence-corrected chi connectivity index (χ1v) is 7.63. The van der Waals surface area contributed by atoms with Gasteiger partial charge in [-0.25, -0.2) is 4.39 Å². The third-order valence-electron chi connectivity index (χ3n) is 3.45. The van der Waals surface area contributed by atoms with Crippen LogP contribution in [0.2, 0.25) is 0 Å². The highest BCUT2D eigenvalue weighted by Gasteiger charge is 2.21. The molecule has 0 amide bonds. The Bertz CT molecular complexity index is 754. The smallest absolute Gasteiger partial charge is 0.232 e. The Balaban J connectivity index is 2.05. The molecule has 0 spiro atoms. The molecule has 1 unspecified atom stereocenters. The monoisotopic (exact) mass is 347 g/mol. The van der Waals surface area contributed by atoms with Crippen LogP contribution in [0.1, 0.15) is 30.1 Å². The van der Waals surface area contributed by atoms with Crippen LogP contribution in [0.5, 0.6) is 11.5 Å². The molecule has 2 rings (SSSR count). The number of halogens is 1. The average Bonchev–Trinajstić information content (AvgIpc) is 2.59. The molecule has 0 saturated carbocycles.